The van der Waals surface area contributed by atoms with Crippen molar-refractivity contribution in [1.29, 1.82) is 0 Å². The van der Waals surface area contributed by atoms with E-state index < -0.39 is 11.3 Å². The average molecular weight is 553 g/mol. The van der Waals surface area contributed by atoms with Crippen LogP contribution in [0.4, 0.5) is 5.69 Å². The van der Waals surface area contributed by atoms with Crippen molar-refractivity contribution in [2.24, 2.45) is 0 Å². The second-order valence-electron chi connectivity index (χ2n) is 8.09. The quantitative estimate of drug-likeness (QED) is 0.293. The van der Waals surface area contributed by atoms with Gasteiger partial charge in [-0.05, 0) is 66.7 Å². The number of hydrogen-bond acceptors (Lipinski definition) is 6. The maximum Gasteiger partial charge on any atom is 0.261 e. The van der Waals surface area contributed by atoms with Crippen molar-refractivity contribution in [1.82, 2.24) is 24.5 Å². The SMILES string of the molecule is O=C(Nc1ccc(Oc2ncnc3[nH]ccc23)cc1)c1cn(-c2ccc(Br)cc2)c2ncccc2c1=O. The van der Waals surface area contributed by atoms with Crippen LogP contribution in [-0.2, 0) is 0 Å². The smallest absolute Gasteiger partial charge is 0.261 e. The fourth-order valence-electron chi connectivity index (χ4n) is 3.97. The normalized spacial score (nSPS) is 11.1. The Morgan fingerprint density at radius 2 is 1.76 bits per heavy atom. The molecule has 0 unspecified atom stereocenters. The Morgan fingerprint density at radius 3 is 2.57 bits per heavy atom. The lowest BCUT2D eigenvalue weighted by molar-refractivity contribution is 0.102. The number of carbonyl (C=O) groups excluding carboxylic acids is 1. The van der Waals surface area contributed by atoms with Crippen LogP contribution < -0.4 is 15.5 Å². The number of benzene rings is 2. The van der Waals surface area contributed by atoms with Crippen LogP contribution in [-0.4, -0.2) is 30.4 Å². The van der Waals surface area contributed by atoms with E-state index >= 15 is 0 Å². The summed E-state index contributed by atoms with van der Waals surface area (Å²) < 4.78 is 8.54. The van der Waals surface area contributed by atoms with Gasteiger partial charge in [-0.15, -0.1) is 0 Å². The second kappa shape index (κ2) is 9.32. The summed E-state index contributed by atoms with van der Waals surface area (Å²) in [6, 6.07) is 19.5. The molecule has 10 heteroatoms. The highest BCUT2D eigenvalue weighted by atomic mass is 79.9. The van der Waals surface area contributed by atoms with E-state index in [9.17, 15) is 9.59 Å². The van der Waals surface area contributed by atoms with Crippen molar-refractivity contribution < 1.29 is 9.53 Å². The fraction of sp³-hybridized carbons (Fsp3) is 0. The number of aromatic nitrogens is 5. The predicted octanol–water partition coefficient (Wildman–Crippen LogP) is 5.46. The number of hydrogen-bond donors (Lipinski definition) is 2. The van der Waals surface area contributed by atoms with Gasteiger partial charge in [-0.25, -0.2) is 15.0 Å². The number of nitrogens with zero attached hydrogens (tertiary/aromatic N) is 4. The lowest BCUT2D eigenvalue weighted by Crippen LogP contribution is -2.24. The monoisotopic (exact) mass is 552 g/mol. The van der Waals surface area contributed by atoms with Gasteiger partial charge in [0, 0.05) is 34.4 Å². The molecule has 0 fully saturated rings. The summed E-state index contributed by atoms with van der Waals surface area (Å²) in [7, 11) is 0. The zero-order chi connectivity index (χ0) is 25.4. The lowest BCUT2D eigenvalue weighted by atomic mass is 10.1. The average Bonchev–Trinajstić information content (AvgIpc) is 3.41. The molecule has 1 amide bonds. The molecule has 0 aliphatic carbocycles. The standard InChI is InChI=1S/C27H17BrN6O3/c28-16-3-7-18(8-4-16)34-14-22(23(35)20-2-1-12-30-25(20)34)26(36)33-17-5-9-19(10-6-17)37-27-21-11-13-29-24(21)31-15-32-27/h1-15H,(H,33,36)(H,29,31,32). The maximum absolute atomic E-state index is 13.2. The first kappa shape index (κ1) is 22.6. The van der Waals surface area contributed by atoms with Gasteiger partial charge in [0.15, 0.2) is 0 Å². The zero-order valence-electron chi connectivity index (χ0n) is 19.1. The van der Waals surface area contributed by atoms with Crippen molar-refractivity contribution in [2.45, 2.75) is 0 Å². The van der Waals surface area contributed by atoms with Crippen molar-refractivity contribution in [3.8, 4) is 17.3 Å². The van der Waals surface area contributed by atoms with Crippen LogP contribution in [0.15, 0.2) is 101 Å². The van der Waals surface area contributed by atoms with Gasteiger partial charge in [0.2, 0.25) is 11.3 Å². The first-order valence-corrected chi connectivity index (χ1v) is 12.0. The van der Waals surface area contributed by atoms with Gasteiger partial charge in [0.1, 0.15) is 28.9 Å². The van der Waals surface area contributed by atoms with E-state index in [4.69, 9.17) is 4.74 Å². The van der Waals surface area contributed by atoms with Gasteiger partial charge in [-0.1, -0.05) is 15.9 Å². The van der Waals surface area contributed by atoms with Crippen LogP contribution in [0.3, 0.4) is 0 Å². The summed E-state index contributed by atoms with van der Waals surface area (Å²) >= 11 is 3.43. The van der Waals surface area contributed by atoms with Crippen LogP contribution in [0.25, 0.3) is 27.8 Å². The van der Waals surface area contributed by atoms with Crippen molar-refractivity contribution in [3.63, 3.8) is 0 Å². The van der Waals surface area contributed by atoms with Crippen molar-refractivity contribution >= 4 is 49.6 Å². The molecule has 6 aromatic rings. The van der Waals surface area contributed by atoms with Gasteiger partial charge >= 0.3 is 0 Å². The van der Waals surface area contributed by atoms with Gasteiger partial charge in [-0.2, -0.15) is 0 Å². The van der Waals surface area contributed by atoms with Crippen LogP contribution in [0.2, 0.25) is 0 Å². The largest absolute Gasteiger partial charge is 0.438 e. The molecule has 0 saturated heterocycles. The number of fused-ring (bicyclic) bond motifs is 2. The number of ether oxygens (including phenoxy) is 1. The number of rotatable bonds is 5. The summed E-state index contributed by atoms with van der Waals surface area (Å²) in [5.74, 6) is 0.426. The summed E-state index contributed by atoms with van der Waals surface area (Å²) in [6.07, 6.45) is 6.31. The number of H-pyrrole nitrogens is 1. The third-order valence-corrected chi connectivity index (χ3v) is 6.28. The van der Waals surface area contributed by atoms with Gasteiger partial charge in [0.25, 0.3) is 5.91 Å². The van der Waals surface area contributed by atoms with Gasteiger partial charge in [0.05, 0.1) is 10.8 Å². The number of aromatic amines is 1. The highest BCUT2D eigenvalue weighted by molar-refractivity contribution is 9.10. The molecule has 4 aromatic heterocycles. The molecule has 0 aliphatic heterocycles. The third kappa shape index (κ3) is 4.34. The molecule has 0 atom stereocenters. The Hall–Kier alpha value is -4.83. The minimum atomic E-state index is -0.528. The number of halogens is 1. The molecule has 0 radical (unpaired) electrons. The Kier molecular flexibility index (Phi) is 5.70. The minimum Gasteiger partial charge on any atom is -0.438 e. The van der Waals surface area contributed by atoms with E-state index in [-0.39, 0.29) is 5.56 Å². The maximum atomic E-state index is 13.2. The lowest BCUT2D eigenvalue weighted by Gasteiger charge is -2.13. The number of carbonyl (C=O) groups is 1. The molecular formula is C27H17BrN6O3. The summed E-state index contributed by atoms with van der Waals surface area (Å²) in [4.78, 5) is 42.1. The summed E-state index contributed by atoms with van der Waals surface area (Å²) in [6.45, 7) is 0. The number of pyridine rings is 2. The molecule has 6 rings (SSSR count). The highest BCUT2D eigenvalue weighted by Gasteiger charge is 2.17. The Labute approximate surface area is 217 Å². The zero-order valence-corrected chi connectivity index (χ0v) is 20.6. The molecule has 2 aromatic carbocycles. The minimum absolute atomic E-state index is 0.000388. The van der Waals surface area contributed by atoms with Crippen LogP contribution in [0, 0.1) is 0 Å². The number of amides is 1. The summed E-state index contributed by atoms with van der Waals surface area (Å²) in [5, 5.41) is 3.91. The molecule has 4 heterocycles. The topological polar surface area (TPSA) is 115 Å². The second-order valence-corrected chi connectivity index (χ2v) is 9.01. The molecule has 9 nitrogen and oxygen atoms in total. The predicted molar refractivity (Wildman–Crippen MR) is 143 cm³/mol. The molecule has 0 saturated carbocycles. The van der Waals surface area contributed by atoms with Crippen LogP contribution in [0.1, 0.15) is 10.4 Å². The van der Waals surface area contributed by atoms with E-state index in [1.807, 2.05) is 30.3 Å². The van der Waals surface area contributed by atoms with Crippen LogP contribution >= 0.6 is 15.9 Å². The van der Waals surface area contributed by atoms with Gasteiger partial charge in [-0.3, -0.25) is 9.59 Å². The van der Waals surface area contributed by atoms with E-state index in [2.05, 4.69) is 41.2 Å². The third-order valence-electron chi connectivity index (χ3n) is 5.76. The highest BCUT2D eigenvalue weighted by Crippen LogP contribution is 2.27. The molecular weight excluding hydrogens is 536 g/mol. The van der Waals surface area contributed by atoms with Gasteiger partial charge < -0.3 is 19.6 Å². The number of anilines is 1. The molecule has 180 valence electrons. The van der Waals surface area contributed by atoms with E-state index in [1.54, 1.807) is 53.4 Å². The Bertz CT molecular complexity index is 1830. The van der Waals surface area contributed by atoms with E-state index in [0.29, 0.717) is 34.0 Å². The van der Waals surface area contributed by atoms with E-state index in [1.165, 1.54) is 12.5 Å². The van der Waals surface area contributed by atoms with Crippen molar-refractivity contribution in [2.75, 3.05) is 5.32 Å². The first-order valence-electron chi connectivity index (χ1n) is 11.2. The van der Waals surface area contributed by atoms with Crippen LogP contribution in [0.5, 0.6) is 11.6 Å². The molecule has 0 aliphatic rings. The Balaban J connectivity index is 1.29. The molecule has 37 heavy (non-hydrogen) atoms. The summed E-state index contributed by atoms with van der Waals surface area (Å²) in [5.41, 5.74) is 2.02. The molecule has 0 bridgehead atoms. The molecule has 0 spiro atoms. The fourth-order valence-corrected chi connectivity index (χ4v) is 4.23. The van der Waals surface area contributed by atoms with Crippen molar-refractivity contribution in [3.05, 3.63) is 112 Å². The Morgan fingerprint density at radius 1 is 0.946 bits per heavy atom. The number of nitrogens with one attached hydrogen (secondary N) is 2. The van der Waals surface area contributed by atoms with E-state index in [0.717, 1.165) is 15.5 Å². The first-order chi connectivity index (χ1) is 18.1. The molecule has 2 N–H and O–H groups in total.